The lowest BCUT2D eigenvalue weighted by Gasteiger charge is -2.20. The van der Waals surface area contributed by atoms with Gasteiger partial charge in [0.15, 0.2) is 9.84 Å². The Hall–Kier alpha value is -2.28. The predicted molar refractivity (Wildman–Crippen MR) is 119 cm³/mol. The number of amides is 1. The minimum absolute atomic E-state index is 0.0267. The molecule has 1 unspecified atom stereocenters. The van der Waals surface area contributed by atoms with Crippen LogP contribution < -0.4 is 10.9 Å². The van der Waals surface area contributed by atoms with Crippen molar-refractivity contribution in [3.8, 4) is 0 Å². The van der Waals surface area contributed by atoms with Gasteiger partial charge in [-0.1, -0.05) is 30.0 Å². The van der Waals surface area contributed by atoms with E-state index in [0.717, 1.165) is 11.8 Å². The lowest BCUT2D eigenvalue weighted by atomic mass is 10.2. The van der Waals surface area contributed by atoms with Gasteiger partial charge in [0.25, 0.3) is 11.5 Å². The van der Waals surface area contributed by atoms with E-state index in [9.17, 15) is 18.0 Å². The Morgan fingerprint density at radius 3 is 2.87 bits per heavy atom. The van der Waals surface area contributed by atoms with Gasteiger partial charge in [0.05, 0.1) is 34.6 Å². The molecule has 2 aromatic rings. The van der Waals surface area contributed by atoms with Crippen molar-refractivity contribution in [3.05, 3.63) is 45.2 Å². The highest BCUT2D eigenvalue weighted by Crippen LogP contribution is 2.36. The lowest BCUT2D eigenvalue weighted by molar-refractivity contribution is -0.123. The maximum Gasteiger partial charge on any atom is 0.267 e. The number of aromatic nitrogens is 2. The van der Waals surface area contributed by atoms with E-state index < -0.39 is 21.8 Å². The molecule has 0 spiro atoms. The van der Waals surface area contributed by atoms with Gasteiger partial charge in [0, 0.05) is 12.7 Å². The number of carbonyl (C=O) groups is 1. The van der Waals surface area contributed by atoms with E-state index in [1.54, 1.807) is 24.4 Å². The third-order valence-electron chi connectivity index (χ3n) is 4.85. The summed E-state index contributed by atoms with van der Waals surface area (Å²) in [5.41, 5.74) is 0.199. The SMILES string of the molecule is O=C1/C(=C/c2c(NCCO)nc3ccccn3c2=O)SC(=S)N1C1CCS(=O)(=O)C1. The van der Waals surface area contributed by atoms with Gasteiger partial charge in [-0.3, -0.25) is 18.9 Å². The zero-order chi connectivity index (χ0) is 21.5. The van der Waals surface area contributed by atoms with Gasteiger partial charge in [-0.2, -0.15) is 0 Å². The Morgan fingerprint density at radius 1 is 1.37 bits per heavy atom. The Morgan fingerprint density at radius 2 is 2.17 bits per heavy atom. The van der Waals surface area contributed by atoms with Crippen LogP contribution in [0.5, 0.6) is 0 Å². The van der Waals surface area contributed by atoms with Crippen LogP contribution in [0.3, 0.4) is 0 Å². The van der Waals surface area contributed by atoms with Crippen molar-refractivity contribution in [1.82, 2.24) is 14.3 Å². The van der Waals surface area contributed by atoms with Gasteiger partial charge in [-0.25, -0.2) is 13.4 Å². The smallest absolute Gasteiger partial charge is 0.267 e. The number of hydrogen-bond donors (Lipinski definition) is 2. The van der Waals surface area contributed by atoms with Crippen LogP contribution in [0, 0.1) is 0 Å². The highest BCUT2D eigenvalue weighted by atomic mass is 32.2. The number of fused-ring (bicyclic) bond motifs is 1. The number of sulfone groups is 1. The molecule has 4 rings (SSSR count). The number of pyridine rings is 1. The van der Waals surface area contributed by atoms with E-state index >= 15 is 0 Å². The van der Waals surface area contributed by atoms with Crippen LogP contribution in [0.15, 0.2) is 34.1 Å². The maximum absolute atomic E-state index is 13.0. The van der Waals surface area contributed by atoms with E-state index in [0.29, 0.717) is 12.1 Å². The standard InChI is InChI=1S/C18H18N4O5S3/c23-7-5-19-15-12(16(24)21-6-2-1-3-14(21)20-15)9-13-17(25)22(18(28)29-13)11-4-8-30(26,27)10-11/h1-3,6,9,11,19,23H,4-5,7-8,10H2/b13-9-. The van der Waals surface area contributed by atoms with Gasteiger partial charge >= 0.3 is 0 Å². The largest absolute Gasteiger partial charge is 0.395 e. The van der Waals surface area contributed by atoms with Crippen LogP contribution >= 0.6 is 24.0 Å². The van der Waals surface area contributed by atoms with Gasteiger partial charge in [0.2, 0.25) is 0 Å². The Balaban J connectivity index is 1.75. The molecule has 12 heteroatoms. The molecular weight excluding hydrogens is 448 g/mol. The first-order valence-corrected chi connectivity index (χ1v) is 12.2. The van der Waals surface area contributed by atoms with Crippen molar-refractivity contribution in [2.24, 2.45) is 0 Å². The number of aliphatic hydroxyl groups excluding tert-OH is 1. The van der Waals surface area contributed by atoms with Crippen molar-refractivity contribution >= 4 is 61.6 Å². The molecule has 2 fully saturated rings. The molecule has 0 radical (unpaired) electrons. The summed E-state index contributed by atoms with van der Waals surface area (Å²) in [5, 5.41) is 12.0. The molecule has 30 heavy (non-hydrogen) atoms. The van der Waals surface area contributed by atoms with Crippen molar-refractivity contribution in [1.29, 1.82) is 0 Å². The van der Waals surface area contributed by atoms with E-state index in [-0.39, 0.29) is 50.8 Å². The van der Waals surface area contributed by atoms with Crippen molar-refractivity contribution in [2.75, 3.05) is 30.0 Å². The second kappa shape index (κ2) is 8.10. The fourth-order valence-electron chi connectivity index (χ4n) is 3.45. The molecule has 0 bridgehead atoms. The highest BCUT2D eigenvalue weighted by Gasteiger charge is 2.42. The number of nitrogens with one attached hydrogen (secondary N) is 1. The molecule has 2 aromatic heterocycles. The highest BCUT2D eigenvalue weighted by molar-refractivity contribution is 8.26. The van der Waals surface area contributed by atoms with Crippen molar-refractivity contribution in [3.63, 3.8) is 0 Å². The second-order valence-electron chi connectivity index (χ2n) is 6.87. The van der Waals surface area contributed by atoms with Crippen LogP contribution in [0.1, 0.15) is 12.0 Å². The summed E-state index contributed by atoms with van der Waals surface area (Å²) in [7, 11) is -3.18. The predicted octanol–water partition coefficient (Wildman–Crippen LogP) is 0.487. The minimum Gasteiger partial charge on any atom is -0.395 e. The molecule has 2 saturated heterocycles. The zero-order valence-electron chi connectivity index (χ0n) is 15.6. The van der Waals surface area contributed by atoms with E-state index in [1.807, 2.05) is 0 Å². The summed E-state index contributed by atoms with van der Waals surface area (Å²) in [4.78, 5) is 32.0. The quantitative estimate of drug-likeness (QED) is 0.479. The van der Waals surface area contributed by atoms with Crippen molar-refractivity contribution in [2.45, 2.75) is 12.5 Å². The second-order valence-corrected chi connectivity index (χ2v) is 10.8. The summed E-state index contributed by atoms with van der Waals surface area (Å²) in [6.07, 6.45) is 3.34. The average molecular weight is 467 g/mol. The number of hydrogen-bond acceptors (Lipinski definition) is 9. The molecule has 158 valence electrons. The number of nitrogens with zero attached hydrogens (tertiary/aromatic N) is 3. The summed E-state index contributed by atoms with van der Waals surface area (Å²) in [6.45, 7) is 0.0186. The lowest BCUT2D eigenvalue weighted by Crippen LogP contribution is -2.39. The van der Waals surface area contributed by atoms with Crippen LogP contribution in [-0.4, -0.2) is 68.7 Å². The Labute approximate surface area is 181 Å². The molecule has 9 nitrogen and oxygen atoms in total. The normalized spacial score (nSPS) is 22.4. The number of anilines is 1. The van der Waals surface area contributed by atoms with E-state index in [1.165, 1.54) is 15.4 Å². The van der Waals surface area contributed by atoms with Gasteiger partial charge < -0.3 is 10.4 Å². The average Bonchev–Trinajstić information content (AvgIpc) is 3.20. The molecular formula is C18H18N4O5S3. The number of aliphatic hydroxyl groups is 1. The molecule has 2 aliphatic heterocycles. The third-order valence-corrected chi connectivity index (χ3v) is 7.93. The number of rotatable bonds is 5. The van der Waals surface area contributed by atoms with Crippen LogP contribution in [-0.2, 0) is 14.6 Å². The first kappa shape index (κ1) is 21.0. The van der Waals surface area contributed by atoms with Crippen LogP contribution in [0.4, 0.5) is 5.82 Å². The number of carbonyl (C=O) groups excluding carboxylic acids is 1. The maximum atomic E-state index is 13.0. The summed E-state index contributed by atoms with van der Waals surface area (Å²) >= 11 is 6.35. The minimum atomic E-state index is -3.18. The molecule has 4 heterocycles. The molecule has 0 aliphatic carbocycles. The van der Waals surface area contributed by atoms with Crippen molar-refractivity contribution < 1.29 is 18.3 Å². The summed E-state index contributed by atoms with van der Waals surface area (Å²) in [6, 6.07) is 4.63. The first-order valence-electron chi connectivity index (χ1n) is 9.14. The summed E-state index contributed by atoms with van der Waals surface area (Å²) < 4.78 is 25.3. The van der Waals surface area contributed by atoms with Gasteiger partial charge in [-0.05, 0) is 24.6 Å². The first-order chi connectivity index (χ1) is 14.3. The number of thiocarbonyl (C=S) groups is 1. The number of thioether (sulfide) groups is 1. The van der Waals surface area contributed by atoms with Crippen LogP contribution in [0.25, 0.3) is 11.7 Å². The summed E-state index contributed by atoms with van der Waals surface area (Å²) in [5.74, 6) is -0.262. The van der Waals surface area contributed by atoms with Gasteiger partial charge in [0.1, 0.15) is 15.8 Å². The fraction of sp³-hybridized carbons (Fsp3) is 0.333. The molecule has 1 amide bonds. The zero-order valence-corrected chi connectivity index (χ0v) is 18.1. The molecule has 0 aromatic carbocycles. The van der Waals surface area contributed by atoms with Crippen LogP contribution in [0.2, 0.25) is 0 Å². The Kier molecular flexibility index (Phi) is 5.66. The van der Waals surface area contributed by atoms with E-state index in [2.05, 4.69) is 10.3 Å². The van der Waals surface area contributed by atoms with E-state index in [4.69, 9.17) is 17.3 Å². The molecule has 0 saturated carbocycles. The Bertz CT molecular complexity index is 1240. The topological polar surface area (TPSA) is 121 Å². The van der Waals surface area contributed by atoms with Gasteiger partial charge in [-0.15, -0.1) is 0 Å². The monoisotopic (exact) mass is 466 g/mol. The third kappa shape index (κ3) is 3.87. The fourth-order valence-corrected chi connectivity index (χ4v) is 6.53. The molecule has 1 atom stereocenters. The molecule has 2 aliphatic rings. The molecule has 2 N–H and O–H groups in total.